The van der Waals surface area contributed by atoms with Gasteiger partial charge in [-0.05, 0) is 38.0 Å². The first kappa shape index (κ1) is 17.5. The summed E-state index contributed by atoms with van der Waals surface area (Å²) in [6, 6.07) is 3.19. The van der Waals surface area contributed by atoms with E-state index in [4.69, 9.17) is 9.52 Å². The molecule has 24 heavy (non-hydrogen) atoms. The molecule has 0 saturated carbocycles. The van der Waals surface area contributed by atoms with Gasteiger partial charge in [-0.1, -0.05) is 0 Å². The standard InChI is InChI=1S/C17H19NO6/c1-9-11-4-6-13(19)10(2)16(11)24-17(23)12(9)5-7-14(20)18(3)8-15(21)22/h4,6,19H,5,7-8H2,1-3H3,(H,21,22). The molecule has 7 nitrogen and oxygen atoms in total. The number of carbonyl (C=O) groups excluding carboxylic acids is 1. The van der Waals surface area contributed by atoms with Gasteiger partial charge in [-0.15, -0.1) is 0 Å². The summed E-state index contributed by atoms with van der Waals surface area (Å²) in [5, 5.41) is 19.1. The maximum atomic E-state index is 12.2. The van der Waals surface area contributed by atoms with Gasteiger partial charge in [0.1, 0.15) is 17.9 Å². The summed E-state index contributed by atoms with van der Waals surface area (Å²) in [5.74, 6) is -1.41. The van der Waals surface area contributed by atoms with Gasteiger partial charge in [0.2, 0.25) is 5.91 Å². The Labute approximate surface area is 138 Å². The van der Waals surface area contributed by atoms with Crippen molar-refractivity contribution in [1.29, 1.82) is 0 Å². The van der Waals surface area contributed by atoms with Crippen molar-refractivity contribution in [2.45, 2.75) is 26.7 Å². The third-order valence-corrected chi connectivity index (χ3v) is 4.06. The Morgan fingerprint density at radius 2 is 1.88 bits per heavy atom. The summed E-state index contributed by atoms with van der Waals surface area (Å²) in [7, 11) is 1.40. The van der Waals surface area contributed by atoms with Crippen molar-refractivity contribution < 1.29 is 24.2 Å². The lowest BCUT2D eigenvalue weighted by atomic mass is 10.00. The minimum atomic E-state index is -1.09. The van der Waals surface area contributed by atoms with E-state index in [1.54, 1.807) is 19.9 Å². The molecule has 0 spiro atoms. The number of hydrogen-bond donors (Lipinski definition) is 2. The summed E-state index contributed by atoms with van der Waals surface area (Å²) < 4.78 is 5.31. The number of aliphatic carboxylic acids is 1. The molecule has 0 aliphatic heterocycles. The molecule has 1 heterocycles. The van der Waals surface area contributed by atoms with Gasteiger partial charge in [-0.25, -0.2) is 4.79 Å². The number of carbonyl (C=O) groups is 2. The fourth-order valence-corrected chi connectivity index (χ4v) is 2.58. The normalized spacial score (nSPS) is 10.8. The maximum Gasteiger partial charge on any atom is 0.339 e. The molecule has 2 aromatic rings. The van der Waals surface area contributed by atoms with Crippen LogP contribution < -0.4 is 5.63 Å². The molecule has 2 rings (SSSR count). The van der Waals surface area contributed by atoms with E-state index in [-0.39, 0.29) is 31.0 Å². The molecule has 0 unspecified atom stereocenters. The lowest BCUT2D eigenvalue weighted by Gasteiger charge is -2.15. The molecule has 0 bridgehead atoms. The van der Waals surface area contributed by atoms with Gasteiger partial charge in [0.25, 0.3) is 0 Å². The number of phenols is 1. The molecule has 2 N–H and O–H groups in total. The number of fused-ring (bicyclic) bond motifs is 1. The summed E-state index contributed by atoms with van der Waals surface area (Å²) in [4.78, 5) is 35.9. The predicted molar refractivity (Wildman–Crippen MR) is 87.2 cm³/mol. The second kappa shape index (κ2) is 6.74. The minimum Gasteiger partial charge on any atom is -0.508 e. The first-order valence-corrected chi connectivity index (χ1v) is 7.43. The van der Waals surface area contributed by atoms with Crippen molar-refractivity contribution in [1.82, 2.24) is 4.90 Å². The first-order valence-electron chi connectivity index (χ1n) is 7.43. The zero-order valence-electron chi connectivity index (χ0n) is 13.8. The first-order chi connectivity index (χ1) is 11.2. The van der Waals surface area contributed by atoms with E-state index in [0.717, 1.165) is 4.90 Å². The Bertz CT molecular complexity index is 867. The molecular formula is C17H19NO6. The molecule has 0 saturated heterocycles. The smallest absolute Gasteiger partial charge is 0.339 e. The van der Waals surface area contributed by atoms with Crippen LogP contribution in [0.3, 0.4) is 0 Å². The third kappa shape index (κ3) is 3.40. The van der Waals surface area contributed by atoms with Crippen LogP contribution >= 0.6 is 0 Å². The zero-order valence-corrected chi connectivity index (χ0v) is 13.8. The maximum absolute atomic E-state index is 12.2. The molecule has 7 heteroatoms. The van der Waals surface area contributed by atoms with Gasteiger partial charge in [-0.3, -0.25) is 9.59 Å². The average Bonchev–Trinajstić information content (AvgIpc) is 2.50. The summed E-state index contributed by atoms with van der Waals surface area (Å²) in [6.07, 6.45) is 0.171. The molecule has 1 amide bonds. The molecule has 1 aromatic carbocycles. The molecule has 0 radical (unpaired) electrons. The van der Waals surface area contributed by atoms with Crippen LogP contribution in [0, 0.1) is 13.8 Å². The predicted octanol–water partition coefficient (Wildman–Crippen LogP) is 1.59. The lowest BCUT2D eigenvalue weighted by Crippen LogP contribution is -2.32. The highest BCUT2D eigenvalue weighted by molar-refractivity contribution is 5.86. The second-order valence-electron chi connectivity index (χ2n) is 5.72. The average molecular weight is 333 g/mol. The number of nitrogens with zero attached hydrogens (tertiary/aromatic N) is 1. The van der Waals surface area contributed by atoms with Crippen molar-refractivity contribution in [3.05, 3.63) is 39.2 Å². The van der Waals surface area contributed by atoms with E-state index in [9.17, 15) is 19.5 Å². The van der Waals surface area contributed by atoms with Gasteiger partial charge in [0.15, 0.2) is 0 Å². The van der Waals surface area contributed by atoms with E-state index >= 15 is 0 Å². The van der Waals surface area contributed by atoms with Crippen molar-refractivity contribution >= 4 is 22.8 Å². The second-order valence-corrected chi connectivity index (χ2v) is 5.72. The largest absolute Gasteiger partial charge is 0.508 e. The van der Waals surface area contributed by atoms with Crippen molar-refractivity contribution in [2.24, 2.45) is 0 Å². The van der Waals surface area contributed by atoms with Crippen LogP contribution in [0.1, 0.15) is 23.1 Å². The highest BCUT2D eigenvalue weighted by Gasteiger charge is 2.17. The monoisotopic (exact) mass is 333 g/mol. The number of carboxylic acid groups (broad SMARTS) is 1. The van der Waals surface area contributed by atoms with E-state index in [1.807, 2.05) is 0 Å². The van der Waals surface area contributed by atoms with Crippen LogP contribution in [-0.2, 0) is 16.0 Å². The van der Waals surface area contributed by atoms with E-state index < -0.39 is 11.6 Å². The van der Waals surface area contributed by atoms with E-state index in [1.165, 1.54) is 13.1 Å². The van der Waals surface area contributed by atoms with Crippen LogP contribution in [0.5, 0.6) is 5.75 Å². The Morgan fingerprint density at radius 3 is 2.50 bits per heavy atom. The van der Waals surface area contributed by atoms with Gasteiger partial charge < -0.3 is 19.5 Å². The summed E-state index contributed by atoms with van der Waals surface area (Å²) in [6.45, 7) is 3.03. The Balaban J connectivity index is 2.30. The summed E-state index contributed by atoms with van der Waals surface area (Å²) in [5.41, 5.74) is 1.33. The number of aromatic hydroxyl groups is 1. The van der Waals surface area contributed by atoms with Gasteiger partial charge >= 0.3 is 11.6 Å². The quantitative estimate of drug-likeness (QED) is 0.805. The van der Waals surface area contributed by atoms with Crippen LogP contribution in [0.2, 0.25) is 0 Å². The van der Waals surface area contributed by atoms with Crippen molar-refractivity contribution in [3.8, 4) is 5.75 Å². The SMILES string of the molecule is Cc1c(CCC(=O)N(C)CC(=O)O)c(=O)oc2c(C)c(O)ccc12. The van der Waals surface area contributed by atoms with Gasteiger partial charge in [0, 0.05) is 30.0 Å². The zero-order chi connectivity index (χ0) is 18.0. The highest BCUT2D eigenvalue weighted by atomic mass is 16.4. The molecule has 0 aliphatic carbocycles. The van der Waals surface area contributed by atoms with Crippen LogP contribution in [0.25, 0.3) is 11.0 Å². The number of benzene rings is 1. The van der Waals surface area contributed by atoms with Crippen LogP contribution in [0.15, 0.2) is 21.3 Å². The van der Waals surface area contributed by atoms with E-state index in [2.05, 4.69) is 0 Å². The van der Waals surface area contributed by atoms with E-state index in [0.29, 0.717) is 27.7 Å². The Kier molecular flexibility index (Phi) is 4.92. The number of amides is 1. The number of aryl methyl sites for hydroxylation is 2. The topological polar surface area (TPSA) is 108 Å². The molecule has 1 aromatic heterocycles. The fourth-order valence-electron chi connectivity index (χ4n) is 2.58. The van der Waals surface area contributed by atoms with Gasteiger partial charge in [0.05, 0.1) is 0 Å². The Morgan fingerprint density at radius 1 is 1.21 bits per heavy atom. The van der Waals surface area contributed by atoms with Gasteiger partial charge in [-0.2, -0.15) is 0 Å². The van der Waals surface area contributed by atoms with Crippen LogP contribution in [-0.4, -0.2) is 40.6 Å². The molecule has 0 fully saturated rings. The van der Waals surface area contributed by atoms with Crippen LogP contribution in [0.4, 0.5) is 0 Å². The van der Waals surface area contributed by atoms with Crippen molar-refractivity contribution in [2.75, 3.05) is 13.6 Å². The fraction of sp³-hybridized carbons (Fsp3) is 0.353. The minimum absolute atomic E-state index is 0.0119. The number of likely N-dealkylation sites (N-methyl/N-ethyl adjacent to an activating group) is 1. The lowest BCUT2D eigenvalue weighted by molar-refractivity contribution is -0.143. The molecule has 0 aliphatic rings. The molecular weight excluding hydrogens is 314 g/mol. The number of hydrogen-bond acceptors (Lipinski definition) is 5. The number of carboxylic acids is 1. The Hall–Kier alpha value is -2.83. The van der Waals surface area contributed by atoms with Crippen molar-refractivity contribution in [3.63, 3.8) is 0 Å². The summed E-state index contributed by atoms with van der Waals surface area (Å²) >= 11 is 0. The number of phenolic OH excluding ortho intramolecular Hbond substituents is 1. The third-order valence-electron chi connectivity index (χ3n) is 4.06. The highest BCUT2D eigenvalue weighted by Crippen LogP contribution is 2.28. The number of rotatable bonds is 5. The molecule has 128 valence electrons. The molecule has 0 atom stereocenters.